The average molecular weight is 325 g/mol. The van der Waals surface area contributed by atoms with Gasteiger partial charge in [-0.1, -0.05) is 38.5 Å². The van der Waals surface area contributed by atoms with E-state index in [4.69, 9.17) is 10.5 Å². The molecule has 1 fully saturated rings. The second-order valence-electron chi connectivity index (χ2n) is 7.16. The molecule has 5 nitrogen and oxygen atoms in total. The smallest absolute Gasteiger partial charge is 0.274 e. The third kappa shape index (κ3) is 5.25. The van der Waals surface area contributed by atoms with Gasteiger partial charge in [-0.2, -0.15) is 0 Å². The number of primary amides is 1. The molecule has 1 aromatic rings. The molecule has 2 rings (SSSR count). The third-order valence-electron chi connectivity index (χ3n) is 3.67. The van der Waals surface area contributed by atoms with Gasteiger partial charge < -0.3 is 15.8 Å². The van der Waals surface area contributed by atoms with E-state index in [0.29, 0.717) is 22.3 Å². The fourth-order valence-corrected chi connectivity index (χ4v) is 3.43. The zero-order valence-electron chi connectivity index (χ0n) is 13.8. The number of nitrogens with zero attached hydrogens (tertiary/aromatic N) is 1. The molecule has 22 heavy (non-hydrogen) atoms. The molecule has 1 aliphatic rings. The van der Waals surface area contributed by atoms with Gasteiger partial charge in [0.2, 0.25) is 0 Å². The fourth-order valence-electron chi connectivity index (χ4n) is 2.57. The van der Waals surface area contributed by atoms with Crippen molar-refractivity contribution in [3.05, 3.63) is 10.6 Å². The van der Waals surface area contributed by atoms with Crippen molar-refractivity contribution in [3.8, 4) is 5.19 Å². The monoisotopic (exact) mass is 325 g/mol. The molecule has 0 radical (unpaired) electrons. The molecule has 1 aliphatic carbocycles. The van der Waals surface area contributed by atoms with E-state index < -0.39 is 5.91 Å². The van der Waals surface area contributed by atoms with E-state index in [1.165, 1.54) is 30.6 Å². The summed E-state index contributed by atoms with van der Waals surface area (Å²) in [6.07, 6.45) is 6.08. The molecule has 1 aromatic heterocycles. The van der Waals surface area contributed by atoms with Crippen LogP contribution in [0, 0.1) is 5.41 Å². The summed E-state index contributed by atoms with van der Waals surface area (Å²) in [5.41, 5.74) is 6.35. The highest BCUT2D eigenvalue weighted by atomic mass is 32.1. The number of nitrogens with two attached hydrogens (primary N) is 1. The largest absolute Gasteiger partial charge is 0.467 e. The van der Waals surface area contributed by atoms with Crippen LogP contribution in [0.5, 0.6) is 5.19 Å². The Bertz CT molecular complexity index is 502. The van der Waals surface area contributed by atoms with Crippen LogP contribution >= 0.6 is 11.3 Å². The van der Waals surface area contributed by atoms with E-state index in [1.54, 1.807) is 0 Å². The van der Waals surface area contributed by atoms with E-state index >= 15 is 0 Å². The minimum atomic E-state index is -0.427. The predicted molar refractivity (Wildman–Crippen MR) is 89.3 cm³/mol. The summed E-state index contributed by atoms with van der Waals surface area (Å²) in [6.45, 7) is 7.87. The first-order chi connectivity index (χ1) is 10.3. The fraction of sp³-hybridized carbons (Fsp3) is 0.750. The first-order valence-corrected chi connectivity index (χ1v) is 8.84. The molecule has 0 atom stereocenters. The normalized spacial score (nSPS) is 16.7. The summed E-state index contributed by atoms with van der Waals surface area (Å²) in [4.78, 5) is 16.6. The van der Waals surface area contributed by atoms with Crippen LogP contribution in [-0.2, 0) is 6.54 Å². The Labute approximate surface area is 136 Å². The van der Waals surface area contributed by atoms with Crippen molar-refractivity contribution < 1.29 is 9.53 Å². The summed E-state index contributed by atoms with van der Waals surface area (Å²) < 4.78 is 5.95. The van der Waals surface area contributed by atoms with Gasteiger partial charge in [0.25, 0.3) is 11.1 Å². The van der Waals surface area contributed by atoms with Crippen LogP contribution in [0.4, 0.5) is 0 Å². The first-order valence-electron chi connectivity index (χ1n) is 8.02. The number of amides is 1. The van der Waals surface area contributed by atoms with Gasteiger partial charge in [-0.15, -0.1) is 0 Å². The molecular formula is C16H27N3O2S. The van der Waals surface area contributed by atoms with E-state index in [-0.39, 0.29) is 11.5 Å². The second-order valence-corrected chi connectivity index (χ2v) is 8.12. The molecule has 1 amide bonds. The maximum absolute atomic E-state index is 11.6. The number of hydrogen-bond acceptors (Lipinski definition) is 5. The summed E-state index contributed by atoms with van der Waals surface area (Å²) in [5, 5.41) is 3.91. The van der Waals surface area contributed by atoms with Crippen molar-refractivity contribution in [1.29, 1.82) is 0 Å². The van der Waals surface area contributed by atoms with E-state index in [2.05, 4.69) is 31.1 Å². The summed E-state index contributed by atoms with van der Waals surface area (Å²) in [6, 6.07) is 0. The van der Waals surface area contributed by atoms with Crippen LogP contribution in [-0.4, -0.2) is 23.5 Å². The Kier molecular flexibility index (Phi) is 5.81. The number of nitrogens with one attached hydrogen (secondary N) is 1. The van der Waals surface area contributed by atoms with Crippen molar-refractivity contribution in [1.82, 2.24) is 10.3 Å². The molecule has 3 N–H and O–H groups in total. The Balaban J connectivity index is 2.00. The highest BCUT2D eigenvalue weighted by molar-refractivity contribution is 7.15. The molecule has 0 bridgehead atoms. The van der Waals surface area contributed by atoms with Crippen molar-refractivity contribution in [2.24, 2.45) is 11.1 Å². The average Bonchev–Trinajstić information content (AvgIpc) is 2.81. The SMILES string of the molecule is CC(C)(C)CNCc1nc(OC2CCCCC2)sc1C(N)=O. The van der Waals surface area contributed by atoms with Crippen LogP contribution in [0.25, 0.3) is 0 Å². The Morgan fingerprint density at radius 1 is 1.36 bits per heavy atom. The highest BCUT2D eigenvalue weighted by Gasteiger charge is 2.21. The highest BCUT2D eigenvalue weighted by Crippen LogP contribution is 2.29. The Morgan fingerprint density at radius 3 is 2.64 bits per heavy atom. The van der Waals surface area contributed by atoms with E-state index in [1.807, 2.05) is 0 Å². The van der Waals surface area contributed by atoms with Gasteiger partial charge in [0.05, 0.1) is 5.69 Å². The van der Waals surface area contributed by atoms with Crippen LogP contribution in [0.15, 0.2) is 0 Å². The minimum Gasteiger partial charge on any atom is -0.467 e. The molecule has 124 valence electrons. The molecule has 0 aromatic carbocycles. The Hall–Kier alpha value is -1.14. The number of aromatic nitrogens is 1. The lowest BCUT2D eigenvalue weighted by Crippen LogP contribution is -2.27. The van der Waals surface area contributed by atoms with Crippen LogP contribution in [0.1, 0.15) is 68.2 Å². The zero-order chi connectivity index (χ0) is 16.2. The standard InChI is InChI=1S/C16H27N3O2S/c1-16(2,3)10-18-9-12-13(14(17)20)22-15(19-12)21-11-7-5-4-6-8-11/h11,18H,4-10H2,1-3H3,(H2,17,20). The summed E-state index contributed by atoms with van der Waals surface area (Å²) in [5.74, 6) is -0.427. The number of ether oxygens (including phenoxy) is 1. The van der Waals surface area contributed by atoms with E-state index in [0.717, 1.165) is 19.4 Å². The maximum Gasteiger partial charge on any atom is 0.274 e. The van der Waals surface area contributed by atoms with Crippen molar-refractivity contribution in [2.45, 2.75) is 65.5 Å². The molecule has 0 spiro atoms. The van der Waals surface area contributed by atoms with Crippen molar-refractivity contribution in [2.75, 3.05) is 6.54 Å². The van der Waals surface area contributed by atoms with Gasteiger partial charge in [-0.25, -0.2) is 4.98 Å². The zero-order valence-corrected chi connectivity index (χ0v) is 14.6. The molecule has 6 heteroatoms. The predicted octanol–water partition coefficient (Wildman–Crippen LogP) is 3.09. The number of rotatable bonds is 6. The maximum atomic E-state index is 11.6. The van der Waals surface area contributed by atoms with Gasteiger partial charge in [-0.05, 0) is 31.1 Å². The van der Waals surface area contributed by atoms with E-state index in [9.17, 15) is 4.79 Å². The molecule has 1 heterocycles. The Morgan fingerprint density at radius 2 is 2.05 bits per heavy atom. The molecule has 0 saturated heterocycles. The number of thiazole rings is 1. The summed E-state index contributed by atoms with van der Waals surface area (Å²) >= 11 is 1.27. The van der Waals surface area contributed by atoms with Gasteiger partial charge in [0.1, 0.15) is 11.0 Å². The van der Waals surface area contributed by atoms with Crippen LogP contribution in [0.3, 0.4) is 0 Å². The number of hydrogen-bond donors (Lipinski definition) is 2. The molecular weight excluding hydrogens is 298 g/mol. The van der Waals surface area contributed by atoms with Crippen LogP contribution < -0.4 is 15.8 Å². The third-order valence-corrected chi connectivity index (χ3v) is 4.67. The molecule has 0 aliphatic heterocycles. The van der Waals surface area contributed by atoms with Gasteiger partial charge in [0.15, 0.2) is 0 Å². The minimum absolute atomic E-state index is 0.185. The quantitative estimate of drug-likeness (QED) is 0.842. The lowest BCUT2D eigenvalue weighted by atomic mass is 9.97. The topological polar surface area (TPSA) is 77.2 Å². The van der Waals surface area contributed by atoms with Crippen LogP contribution in [0.2, 0.25) is 0 Å². The summed E-state index contributed by atoms with van der Waals surface area (Å²) in [7, 11) is 0. The number of carbonyl (C=O) groups excluding carboxylic acids is 1. The van der Waals surface area contributed by atoms with Crippen molar-refractivity contribution in [3.63, 3.8) is 0 Å². The lowest BCUT2D eigenvalue weighted by molar-refractivity contribution is 0.100. The lowest BCUT2D eigenvalue weighted by Gasteiger charge is -2.21. The van der Waals surface area contributed by atoms with Crippen molar-refractivity contribution >= 4 is 17.2 Å². The van der Waals surface area contributed by atoms with Gasteiger partial charge >= 0.3 is 0 Å². The molecule has 0 unspecified atom stereocenters. The van der Waals surface area contributed by atoms with Gasteiger partial charge in [0, 0.05) is 13.1 Å². The molecule has 1 saturated carbocycles. The van der Waals surface area contributed by atoms with Gasteiger partial charge in [-0.3, -0.25) is 4.79 Å². The number of carbonyl (C=O) groups is 1. The second kappa shape index (κ2) is 7.42. The first kappa shape index (κ1) is 17.2.